The fourth-order valence-electron chi connectivity index (χ4n) is 1.44. The molecule has 2 rings (SSSR count). The van der Waals surface area contributed by atoms with Gasteiger partial charge in [-0.15, -0.1) is 0 Å². The molecule has 1 aromatic heterocycles. The highest BCUT2D eigenvalue weighted by Crippen LogP contribution is 2.30. The third kappa shape index (κ3) is 1.91. The molecule has 0 spiro atoms. The Morgan fingerprint density at radius 2 is 1.88 bits per heavy atom. The van der Waals surface area contributed by atoms with Crippen LogP contribution in [-0.2, 0) is 0 Å². The zero-order valence-corrected chi connectivity index (χ0v) is 9.75. The minimum absolute atomic E-state index is 0.0837. The largest absolute Gasteiger partial charge is 0.461 e. The molecule has 3 nitrogen and oxygen atoms in total. The van der Waals surface area contributed by atoms with E-state index in [1.165, 1.54) is 0 Å². The molecule has 0 radical (unpaired) electrons. The standard InChI is InChI=1S/C12H11ClO3/c1-7(2)15-12-10(13)8-5-3-4-6-9(8)11(14)16-12/h3-7H,1-2H3. The lowest BCUT2D eigenvalue weighted by Crippen LogP contribution is -2.09. The van der Waals surface area contributed by atoms with Crippen LogP contribution in [0.3, 0.4) is 0 Å². The van der Waals surface area contributed by atoms with Crippen molar-refractivity contribution < 1.29 is 9.15 Å². The van der Waals surface area contributed by atoms with E-state index in [0.717, 1.165) is 0 Å². The summed E-state index contributed by atoms with van der Waals surface area (Å²) in [5.74, 6) is 0.0837. The zero-order valence-electron chi connectivity index (χ0n) is 8.99. The number of fused-ring (bicyclic) bond motifs is 1. The van der Waals surface area contributed by atoms with Crippen LogP contribution in [0.5, 0.6) is 5.95 Å². The van der Waals surface area contributed by atoms with Crippen LogP contribution in [0, 0.1) is 0 Å². The van der Waals surface area contributed by atoms with Crippen LogP contribution in [0.1, 0.15) is 13.8 Å². The number of ether oxygens (including phenoxy) is 1. The third-order valence-electron chi connectivity index (χ3n) is 2.09. The molecule has 0 amide bonds. The highest BCUT2D eigenvalue weighted by molar-refractivity contribution is 6.36. The van der Waals surface area contributed by atoms with E-state index in [9.17, 15) is 4.79 Å². The van der Waals surface area contributed by atoms with E-state index >= 15 is 0 Å². The van der Waals surface area contributed by atoms with Crippen LogP contribution >= 0.6 is 11.6 Å². The summed E-state index contributed by atoms with van der Waals surface area (Å²) in [5.41, 5.74) is -0.435. The highest BCUT2D eigenvalue weighted by Gasteiger charge is 2.13. The fourth-order valence-corrected chi connectivity index (χ4v) is 1.68. The SMILES string of the molecule is CC(C)Oc1oc(=O)c2ccccc2c1Cl. The van der Waals surface area contributed by atoms with Gasteiger partial charge < -0.3 is 9.15 Å². The molecule has 0 unspecified atom stereocenters. The van der Waals surface area contributed by atoms with Gasteiger partial charge in [0.2, 0.25) is 0 Å². The molecule has 84 valence electrons. The van der Waals surface area contributed by atoms with Gasteiger partial charge in [-0.2, -0.15) is 0 Å². The molecule has 0 N–H and O–H groups in total. The second-order valence-corrected chi connectivity index (χ2v) is 4.08. The van der Waals surface area contributed by atoms with Crippen molar-refractivity contribution in [1.82, 2.24) is 0 Å². The van der Waals surface area contributed by atoms with Crippen molar-refractivity contribution in [2.24, 2.45) is 0 Å². The van der Waals surface area contributed by atoms with E-state index in [2.05, 4.69) is 0 Å². The molecule has 0 saturated heterocycles. The van der Waals surface area contributed by atoms with Crippen molar-refractivity contribution in [3.05, 3.63) is 39.7 Å². The summed E-state index contributed by atoms with van der Waals surface area (Å²) in [6.45, 7) is 3.68. The Bertz CT molecular complexity index is 572. The Balaban J connectivity index is 2.70. The van der Waals surface area contributed by atoms with Crippen LogP contribution < -0.4 is 10.4 Å². The Kier molecular flexibility index (Phi) is 2.88. The van der Waals surface area contributed by atoms with Crippen molar-refractivity contribution in [3.63, 3.8) is 0 Å². The first-order chi connectivity index (χ1) is 7.59. The first-order valence-corrected chi connectivity index (χ1v) is 5.35. The minimum Gasteiger partial charge on any atom is -0.461 e. The molecule has 0 aliphatic carbocycles. The van der Waals surface area contributed by atoms with Gasteiger partial charge in [0.05, 0.1) is 11.5 Å². The maximum atomic E-state index is 11.6. The maximum absolute atomic E-state index is 11.6. The van der Waals surface area contributed by atoms with E-state index in [-0.39, 0.29) is 12.1 Å². The Hall–Kier alpha value is -1.48. The van der Waals surface area contributed by atoms with Crippen LogP contribution in [0.2, 0.25) is 5.02 Å². The van der Waals surface area contributed by atoms with Gasteiger partial charge in [-0.05, 0) is 19.9 Å². The summed E-state index contributed by atoms with van der Waals surface area (Å²) < 4.78 is 10.4. The first-order valence-electron chi connectivity index (χ1n) is 4.97. The van der Waals surface area contributed by atoms with E-state index in [1.54, 1.807) is 18.2 Å². The second kappa shape index (κ2) is 4.18. The van der Waals surface area contributed by atoms with Crippen molar-refractivity contribution in [3.8, 4) is 5.95 Å². The normalized spacial score (nSPS) is 11.0. The molecular formula is C12H11ClO3. The van der Waals surface area contributed by atoms with Gasteiger partial charge in [-0.1, -0.05) is 29.8 Å². The molecule has 16 heavy (non-hydrogen) atoms. The molecule has 1 heterocycles. The van der Waals surface area contributed by atoms with Gasteiger partial charge in [0, 0.05) is 5.39 Å². The maximum Gasteiger partial charge on any atom is 0.346 e. The Labute approximate surface area is 97.6 Å². The van der Waals surface area contributed by atoms with Crippen molar-refractivity contribution in [1.29, 1.82) is 0 Å². The summed E-state index contributed by atoms with van der Waals surface area (Å²) in [6, 6.07) is 7.01. The van der Waals surface area contributed by atoms with Crippen LogP contribution in [0.15, 0.2) is 33.5 Å². The van der Waals surface area contributed by atoms with Crippen LogP contribution in [0.25, 0.3) is 10.8 Å². The molecule has 0 fully saturated rings. The fraction of sp³-hybridized carbons (Fsp3) is 0.250. The lowest BCUT2D eigenvalue weighted by Gasteiger charge is -2.10. The number of hydrogen-bond donors (Lipinski definition) is 0. The average molecular weight is 239 g/mol. The van der Waals surface area contributed by atoms with Crippen LogP contribution in [0.4, 0.5) is 0 Å². The lowest BCUT2D eigenvalue weighted by atomic mass is 10.2. The smallest absolute Gasteiger partial charge is 0.346 e. The number of halogens is 1. The molecule has 4 heteroatoms. The molecule has 2 aromatic rings. The molecule has 0 bridgehead atoms. The Morgan fingerprint density at radius 3 is 2.50 bits per heavy atom. The predicted octanol–water partition coefficient (Wildman–Crippen LogP) is 3.23. The second-order valence-electron chi connectivity index (χ2n) is 3.70. The van der Waals surface area contributed by atoms with Gasteiger partial charge in [0.15, 0.2) is 0 Å². The van der Waals surface area contributed by atoms with Gasteiger partial charge >= 0.3 is 11.6 Å². The third-order valence-corrected chi connectivity index (χ3v) is 2.45. The number of hydrogen-bond acceptors (Lipinski definition) is 3. The predicted molar refractivity (Wildman–Crippen MR) is 63.3 cm³/mol. The number of benzene rings is 1. The summed E-state index contributed by atoms with van der Waals surface area (Å²) in [6.07, 6.45) is -0.0955. The van der Waals surface area contributed by atoms with E-state index < -0.39 is 5.63 Å². The van der Waals surface area contributed by atoms with Crippen LogP contribution in [-0.4, -0.2) is 6.10 Å². The molecule has 0 aliphatic heterocycles. The van der Waals surface area contributed by atoms with Gasteiger partial charge in [0.25, 0.3) is 0 Å². The van der Waals surface area contributed by atoms with E-state index in [4.69, 9.17) is 20.8 Å². The summed E-state index contributed by atoms with van der Waals surface area (Å²) in [5, 5.41) is 1.45. The summed E-state index contributed by atoms with van der Waals surface area (Å²) in [7, 11) is 0. The molecular weight excluding hydrogens is 228 g/mol. The number of rotatable bonds is 2. The van der Waals surface area contributed by atoms with E-state index in [0.29, 0.717) is 15.8 Å². The van der Waals surface area contributed by atoms with Crippen molar-refractivity contribution in [2.75, 3.05) is 0 Å². The molecule has 0 atom stereocenters. The summed E-state index contributed by atoms with van der Waals surface area (Å²) in [4.78, 5) is 11.6. The molecule has 1 aromatic carbocycles. The van der Waals surface area contributed by atoms with E-state index in [1.807, 2.05) is 19.9 Å². The molecule has 0 aliphatic rings. The first kappa shape index (κ1) is 11.0. The van der Waals surface area contributed by atoms with Gasteiger partial charge in [-0.25, -0.2) is 4.79 Å². The monoisotopic (exact) mass is 238 g/mol. The Morgan fingerprint density at radius 1 is 1.25 bits per heavy atom. The van der Waals surface area contributed by atoms with Gasteiger partial charge in [0.1, 0.15) is 5.02 Å². The van der Waals surface area contributed by atoms with Crippen molar-refractivity contribution >= 4 is 22.4 Å². The quantitative estimate of drug-likeness (QED) is 0.806. The zero-order chi connectivity index (χ0) is 11.7. The average Bonchev–Trinajstić information content (AvgIpc) is 2.25. The van der Waals surface area contributed by atoms with Crippen molar-refractivity contribution in [2.45, 2.75) is 20.0 Å². The minimum atomic E-state index is -0.435. The molecule has 0 saturated carbocycles. The van der Waals surface area contributed by atoms with Gasteiger partial charge in [-0.3, -0.25) is 0 Å². The lowest BCUT2D eigenvalue weighted by molar-refractivity contribution is 0.179. The summed E-state index contributed by atoms with van der Waals surface area (Å²) >= 11 is 6.10. The highest BCUT2D eigenvalue weighted by atomic mass is 35.5. The topological polar surface area (TPSA) is 39.4 Å².